The maximum atomic E-state index is 14.7. The number of ether oxygens (including phenoxy) is 2. The van der Waals surface area contributed by atoms with E-state index in [1.807, 2.05) is 6.92 Å². The zero-order valence-corrected chi connectivity index (χ0v) is 14.7. The molecule has 0 aliphatic carbocycles. The summed E-state index contributed by atoms with van der Waals surface area (Å²) in [7, 11) is 1.51. The van der Waals surface area contributed by atoms with E-state index < -0.39 is 5.69 Å². The molecule has 7 nitrogen and oxygen atoms in total. The largest absolute Gasteiger partial charge is 0.483 e. The summed E-state index contributed by atoms with van der Waals surface area (Å²) in [5.41, 5.74) is 0.552. The number of hydrogen-bond donors (Lipinski definition) is 0. The van der Waals surface area contributed by atoms with Gasteiger partial charge in [-0.2, -0.15) is 9.36 Å². The minimum atomic E-state index is -0.409. The van der Waals surface area contributed by atoms with Crippen LogP contribution in [0.1, 0.15) is 44.6 Å². The highest BCUT2D eigenvalue weighted by Gasteiger charge is 2.25. The third kappa shape index (κ3) is 3.58. The molecule has 1 saturated heterocycles. The molecule has 3 rings (SSSR count). The molecule has 2 heterocycles. The van der Waals surface area contributed by atoms with Crippen molar-refractivity contribution in [3.63, 3.8) is 0 Å². The molecule has 8 heteroatoms. The Bertz CT molecular complexity index is 798. The molecule has 1 aliphatic heterocycles. The molecule has 0 radical (unpaired) electrons. The molecule has 25 heavy (non-hydrogen) atoms. The monoisotopic (exact) mass is 350 g/mol. The summed E-state index contributed by atoms with van der Waals surface area (Å²) < 4.78 is 27.8. The minimum Gasteiger partial charge on any atom is -0.483 e. The summed E-state index contributed by atoms with van der Waals surface area (Å²) in [6, 6.07) is 2.99. The van der Waals surface area contributed by atoms with Crippen LogP contribution in [0.15, 0.2) is 16.9 Å². The Balaban J connectivity index is 2.03. The van der Waals surface area contributed by atoms with Crippen LogP contribution in [0.3, 0.4) is 0 Å². The first-order valence-corrected chi connectivity index (χ1v) is 8.58. The third-order valence-electron chi connectivity index (χ3n) is 4.45. The SMILES string of the molecule is CCCCC(C)c1cc(-n2nnn(C)c2=O)c(OC2COC2)cc1F. The van der Waals surface area contributed by atoms with E-state index in [9.17, 15) is 9.18 Å². The fraction of sp³-hybridized carbons (Fsp3) is 0.588. The first-order chi connectivity index (χ1) is 12.0. The van der Waals surface area contributed by atoms with Gasteiger partial charge in [0.1, 0.15) is 23.4 Å². The van der Waals surface area contributed by atoms with Gasteiger partial charge >= 0.3 is 5.69 Å². The van der Waals surface area contributed by atoms with Gasteiger partial charge in [-0.25, -0.2) is 9.18 Å². The molecular formula is C17H23FN4O3. The van der Waals surface area contributed by atoms with Crippen LogP contribution in [-0.2, 0) is 11.8 Å². The smallest absolute Gasteiger partial charge is 0.368 e. The van der Waals surface area contributed by atoms with Crippen molar-refractivity contribution in [1.29, 1.82) is 0 Å². The average Bonchev–Trinajstić information content (AvgIpc) is 2.88. The second kappa shape index (κ2) is 7.35. The van der Waals surface area contributed by atoms with Gasteiger partial charge in [0.25, 0.3) is 0 Å². The Morgan fingerprint density at radius 3 is 2.72 bits per heavy atom. The Labute approximate surface area is 145 Å². The molecule has 1 aromatic heterocycles. The van der Waals surface area contributed by atoms with Crippen molar-refractivity contribution in [2.24, 2.45) is 7.05 Å². The van der Waals surface area contributed by atoms with Gasteiger partial charge in [0.05, 0.1) is 13.2 Å². The van der Waals surface area contributed by atoms with Gasteiger partial charge in [0.2, 0.25) is 0 Å². The van der Waals surface area contributed by atoms with Gasteiger partial charge in [-0.3, -0.25) is 0 Å². The second-order valence-corrected chi connectivity index (χ2v) is 6.46. The van der Waals surface area contributed by atoms with Crippen LogP contribution in [0.5, 0.6) is 5.75 Å². The van der Waals surface area contributed by atoms with Gasteiger partial charge in [-0.05, 0) is 34.4 Å². The van der Waals surface area contributed by atoms with E-state index >= 15 is 0 Å². The predicted octanol–water partition coefficient (Wildman–Crippen LogP) is 2.18. The fourth-order valence-corrected chi connectivity index (χ4v) is 2.79. The van der Waals surface area contributed by atoms with Crippen molar-refractivity contribution in [2.75, 3.05) is 13.2 Å². The number of aryl methyl sites for hydroxylation is 1. The van der Waals surface area contributed by atoms with E-state index in [1.54, 1.807) is 6.07 Å². The predicted molar refractivity (Wildman–Crippen MR) is 89.7 cm³/mol. The second-order valence-electron chi connectivity index (χ2n) is 6.46. The van der Waals surface area contributed by atoms with E-state index in [0.29, 0.717) is 24.5 Å². The molecule has 1 aromatic carbocycles. The van der Waals surface area contributed by atoms with Crippen LogP contribution in [0.4, 0.5) is 4.39 Å². The fourth-order valence-electron chi connectivity index (χ4n) is 2.79. The van der Waals surface area contributed by atoms with Crippen LogP contribution >= 0.6 is 0 Å². The Morgan fingerprint density at radius 2 is 2.16 bits per heavy atom. The Hall–Kier alpha value is -2.22. The summed E-state index contributed by atoms with van der Waals surface area (Å²) in [6.45, 7) is 4.99. The van der Waals surface area contributed by atoms with Crippen molar-refractivity contribution in [2.45, 2.75) is 45.1 Å². The van der Waals surface area contributed by atoms with Gasteiger partial charge in [-0.1, -0.05) is 26.7 Å². The number of benzene rings is 1. The van der Waals surface area contributed by atoms with Crippen molar-refractivity contribution in [3.05, 3.63) is 34.0 Å². The number of hydrogen-bond acceptors (Lipinski definition) is 5. The molecule has 1 aliphatic rings. The van der Waals surface area contributed by atoms with E-state index in [1.165, 1.54) is 13.1 Å². The van der Waals surface area contributed by atoms with Crippen LogP contribution in [0.2, 0.25) is 0 Å². The molecule has 0 bridgehead atoms. The molecule has 0 N–H and O–H groups in total. The van der Waals surface area contributed by atoms with Gasteiger partial charge in [0.15, 0.2) is 0 Å². The maximum Gasteiger partial charge on any atom is 0.368 e. The summed E-state index contributed by atoms with van der Waals surface area (Å²) in [5.74, 6) is -0.0217. The molecule has 0 amide bonds. The van der Waals surface area contributed by atoms with Gasteiger partial charge < -0.3 is 9.47 Å². The first kappa shape index (κ1) is 17.6. The quantitative estimate of drug-likeness (QED) is 0.765. The van der Waals surface area contributed by atoms with E-state index in [0.717, 1.165) is 28.6 Å². The molecule has 0 saturated carbocycles. The van der Waals surface area contributed by atoms with Crippen LogP contribution in [0.25, 0.3) is 5.69 Å². The van der Waals surface area contributed by atoms with Crippen molar-refractivity contribution >= 4 is 0 Å². The number of unbranched alkanes of at least 4 members (excludes halogenated alkanes) is 1. The summed E-state index contributed by atoms with van der Waals surface area (Å²) >= 11 is 0. The lowest BCUT2D eigenvalue weighted by molar-refractivity contribution is -0.0798. The van der Waals surface area contributed by atoms with Crippen LogP contribution < -0.4 is 10.4 Å². The highest BCUT2D eigenvalue weighted by atomic mass is 19.1. The zero-order valence-electron chi connectivity index (χ0n) is 14.7. The number of rotatable bonds is 7. The number of tetrazole rings is 1. The molecule has 1 unspecified atom stereocenters. The van der Waals surface area contributed by atoms with Crippen LogP contribution in [0, 0.1) is 5.82 Å². The molecule has 1 atom stereocenters. The lowest BCUT2D eigenvalue weighted by Crippen LogP contribution is -2.39. The summed E-state index contributed by atoms with van der Waals surface area (Å²) in [4.78, 5) is 12.3. The molecule has 0 spiro atoms. The lowest BCUT2D eigenvalue weighted by Gasteiger charge is -2.28. The highest BCUT2D eigenvalue weighted by molar-refractivity contribution is 5.50. The topological polar surface area (TPSA) is 71.2 Å². The Kier molecular flexibility index (Phi) is 5.17. The summed E-state index contributed by atoms with van der Waals surface area (Å²) in [5, 5.41) is 7.61. The molecule has 2 aromatic rings. The van der Waals surface area contributed by atoms with E-state index in [4.69, 9.17) is 9.47 Å². The van der Waals surface area contributed by atoms with E-state index in [2.05, 4.69) is 17.4 Å². The van der Waals surface area contributed by atoms with Gasteiger partial charge in [-0.15, -0.1) is 0 Å². The first-order valence-electron chi connectivity index (χ1n) is 8.58. The molecule has 1 fully saturated rings. The van der Waals surface area contributed by atoms with Gasteiger partial charge in [0, 0.05) is 13.1 Å². The standard InChI is InChI=1S/C17H23FN4O3/c1-4-5-6-11(2)13-7-15(22-17(23)21(3)19-20-22)16(8-14(13)18)25-12-9-24-10-12/h7-8,11-12H,4-6,9-10H2,1-3H3. The minimum absolute atomic E-state index is 0.0344. The lowest BCUT2D eigenvalue weighted by atomic mass is 9.94. The third-order valence-corrected chi connectivity index (χ3v) is 4.45. The van der Waals surface area contributed by atoms with Crippen molar-refractivity contribution in [3.8, 4) is 11.4 Å². The normalized spacial score (nSPS) is 15.8. The highest BCUT2D eigenvalue weighted by Crippen LogP contribution is 2.32. The number of halogens is 1. The average molecular weight is 350 g/mol. The van der Waals surface area contributed by atoms with Crippen molar-refractivity contribution < 1.29 is 13.9 Å². The molecule has 136 valence electrons. The Morgan fingerprint density at radius 1 is 1.40 bits per heavy atom. The summed E-state index contributed by atoms with van der Waals surface area (Å²) in [6.07, 6.45) is 2.79. The maximum absolute atomic E-state index is 14.7. The van der Waals surface area contributed by atoms with E-state index in [-0.39, 0.29) is 23.6 Å². The number of aromatic nitrogens is 4. The number of nitrogens with zero attached hydrogens (tertiary/aromatic N) is 4. The zero-order chi connectivity index (χ0) is 18.0. The van der Waals surface area contributed by atoms with Crippen molar-refractivity contribution in [1.82, 2.24) is 19.8 Å². The van der Waals surface area contributed by atoms with Crippen LogP contribution in [-0.4, -0.2) is 39.1 Å². The molecular weight excluding hydrogens is 327 g/mol.